The highest BCUT2D eigenvalue weighted by atomic mass is 16.5. The number of imidazole rings is 1. The molecule has 0 aliphatic carbocycles. The van der Waals surface area contributed by atoms with Crippen molar-refractivity contribution >= 4 is 47.0 Å². The number of carbonyl (C=O) groups excluding carboxylic acids is 6. The van der Waals surface area contributed by atoms with Crippen molar-refractivity contribution in [3.8, 4) is 0 Å². The van der Waals surface area contributed by atoms with Crippen LogP contribution in [0.1, 0.15) is 174 Å². The summed E-state index contributed by atoms with van der Waals surface area (Å²) >= 11 is 0. The normalized spacial score (nSPS) is 12.5. The van der Waals surface area contributed by atoms with Crippen LogP contribution in [-0.4, -0.2) is 152 Å². The molecule has 20 nitrogen and oxygen atoms in total. The van der Waals surface area contributed by atoms with Crippen molar-refractivity contribution in [1.82, 2.24) is 31.2 Å². The Kier molecular flexibility index (Phi) is 41.8. The van der Waals surface area contributed by atoms with E-state index in [1.165, 1.54) is 83.4 Å². The summed E-state index contributed by atoms with van der Waals surface area (Å²) in [7, 11) is 0. The van der Waals surface area contributed by atoms with Crippen LogP contribution in [0, 0.1) is 11.8 Å². The van der Waals surface area contributed by atoms with Gasteiger partial charge in [-0.1, -0.05) is 104 Å². The molecule has 7 N–H and O–H groups in total. The molecule has 0 bridgehead atoms. The van der Waals surface area contributed by atoms with E-state index >= 15 is 0 Å². The van der Waals surface area contributed by atoms with Gasteiger partial charge in [0, 0.05) is 63.1 Å². The van der Waals surface area contributed by atoms with E-state index in [1.54, 1.807) is 13.1 Å². The molecule has 418 valence electrons. The van der Waals surface area contributed by atoms with Crippen LogP contribution in [0.5, 0.6) is 0 Å². The van der Waals surface area contributed by atoms with Crippen LogP contribution in [0.3, 0.4) is 0 Å². The van der Waals surface area contributed by atoms with E-state index in [0.29, 0.717) is 38.6 Å². The molecule has 0 fully saturated rings. The highest BCUT2D eigenvalue weighted by molar-refractivity contribution is 5.88. The van der Waals surface area contributed by atoms with Gasteiger partial charge in [-0.25, -0.2) is 4.98 Å². The van der Waals surface area contributed by atoms with Gasteiger partial charge in [0.2, 0.25) is 17.7 Å². The predicted octanol–water partition coefficient (Wildman–Crippen LogP) is 5.84. The summed E-state index contributed by atoms with van der Waals surface area (Å²) in [6, 6.07) is -0.680. The lowest BCUT2D eigenvalue weighted by Crippen LogP contribution is -2.41. The lowest BCUT2D eigenvalue weighted by Gasteiger charge is -2.18. The largest absolute Gasteiger partial charge is 0.481 e. The van der Waals surface area contributed by atoms with E-state index < -0.39 is 23.9 Å². The number of amides is 3. The Labute approximate surface area is 434 Å². The van der Waals surface area contributed by atoms with E-state index in [2.05, 4.69) is 38.2 Å². The molecule has 0 aromatic carbocycles. The minimum Gasteiger partial charge on any atom is -0.481 e. The highest BCUT2D eigenvalue weighted by Crippen LogP contribution is 2.17. The Bertz CT molecular complexity index is 1650. The van der Waals surface area contributed by atoms with Gasteiger partial charge in [0.25, 0.3) is 0 Å². The number of ether oxygens (including phenoxy) is 4. The van der Waals surface area contributed by atoms with Crippen molar-refractivity contribution in [3.63, 3.8) is 0 Å². The van der Waals surface area contributed by atoms with Gasteiger partial charge in [-0.05, 0) is 38.5 Å². The molecular weight excluding hydrogens is 945 g/mol. The first-order valence-corrected chi connectivity index (χ1v) is 27.2. The molecule has 0 saturated carbocycles. The molecule has 1 heterocycles. The molecule has 3 atom stereocenters. The van der Waals surface area contributed by atoms with E-state index in [1.807, 2.05) is 0 Å². The second kappa shape index (κ2) is 45.9. The van der Waals surface area contributed by atoms with Gasteiger partial charge in [-0.2, -0.15) is 0 Å². The third-order valence-corrected chi connectivity index (χ3v) is 12.3. The lowest BCUT2D eigenvalue weighted by molar-refractivity contribution is -0.144. The molecule has 0 radical (unpaired) electrons. The molecule has 0 aliphatic rings. The average Bonchev–Trinajstić information content (AvgIpc) is 3.88. The smallest absolute Gasteiger partial charge is 0.306 e. The van der Waals surface area contributed by atoms with Crippen LogP contribution < -0.4 is 21.3 Å². The van der Waals surface area contributed by atoms with Crippen molar-refractivity contribution in [3.05, 3.63) is 18.2 Å². The fourth-order valence-corrected chi connectivity index (χ4v) is 7.89. The van der Waals surface area contributed by atoms with E-state index in [0.717, 1.165) is 25.0 Å². The van der Waals surface area contributed by atoms with Gasteiger partial charge in [0.15, 0.2) is 0 Å². The summed E-state index contributed by atoms with van der Waals surface area (Å²) in [6.07, 6.45) is 23.7. The maximum atomic E-state index is 12.7. The van der Waals surface area contributed by atoms with Gasteiger partial charge in [0.05, 0.1) is 70.9 Å². The quantitative estimate of drug-likeness (QED) is 0.0377. The second-order valence-corrected chi connectivity index (χ2v) is 18.8. The monoisotopic (exact) mass is 1040 g/mol. The van der Waals surface area contributed by atoms with Gasteiger partial charge in [-0.15, -0.1) is 0 Å². The molecule has 1 rings (SSSR count). The molecule has 1 aromatic heterocycles. The number of aliphatic carboxylic acids is 2. The zero-order valence-electron chi connectivity index (χ0n) is 44.3. The van der Waals surface area contributed by atoms with Crippen LogP contribution in [0.15, 0.2) is 12.5 Å². The molecule has 1 aromatic rings. The summed E-state index contributed by atoms with van der Waals surface area (Å²) in [5, 5.41) is 29.7. The van der Waals surface area contributed by atoms with Gasteiger partial charge < -0.3 is 55.4 Å². The zero-order chi connectivity index (χ0) is 53.6. The Morgan fingerprint density at radius 2 is 1.11 bits per heavy atom. The number of carboxylic acids is 2. The minimum atomic E-state index is -1.07. The molecule has 20 heteroatoms. The summed E-state index contributed by atoms with van der Waals surface area (Å²) < 4.78 is 21.5. The summed E-state index contributed by atoms with van der Waals surface area (Å²) in [4.78, 5) is 104. The number of carboxylic acid groups (broad SMARTS) is 2. The topological polar surface area (TPSA) is 291 Å². The summed E-state index contributed by atoms with van der Waals surface area (Å²) in [6.45, 7) is 5.61. The lowest BCUT2D eigenvalue weighted by atomic mass is 9.94. The molecule has 0 saturated heterocycles. The Hall–Kier alpha value is -4.63. The van der Waals surface area contributed by atoms with Crippen LogP contribution in [-0.2, 0) is 63.7 Å². The van der Waals surface area contributed by atoms with Gasteiger partial charge in [-0.3, -0.25) is 38.4 Å². The number of aromatic nitrogens is 2. The number of rotatable bonds is 53. The van der Waals surface area contributed by atoms with E-state index in [-0.39, 0.29) is 146 Å². The van der Waals surface area contributed by atoms with Crippen molar-refractivity contribution in [2.24, 2.45) is 11.8 Å². The third-order valence-electron chi connectivity index (χ3n) is 12.3. The molecule has 0 unspecified atom stereocenters. The summed E-state index contributed by atoms with van der Waals surface area (Å²) in [5.74, 6) is -4.73. The van der Waals surface area contributed by atoms with Crippen LogP contribution in [0.4, 0.5) is 0 Å². The highest BCUT2D eigenvalue weighted by Gasteiger charge is 2.23. The number of hydrogen-bond donors (Lipinski definition) is 7. The molecular formula is C53H92N6O14. The van der Waals surface area contributed by atoms with E-state index in [9.17, 15) is 43.5 Å². The number of H-pyrrole nitrogens is 1. The number of ketones is 3. The van der Waals surface area contributed by atoms with Crippen molar-refractivity contribution in [1.29, 1.82) is 0 Å². The first kappa shape index (κ1) is 66.4. The van der Waals surface area contributed by atoms with Gasteiger partial charge in [0.1, 0.15) is 30.6 Å². The third kappa shape index (κ3) is 40.4. The number of nitrogens with zero attached hydrogens (tertiary/aromatic N) is 1. The maximum Gasteiger partial charge on any atom is 0.306 e. The molecule has 73 heavy (non-hydrogen) atoms. The number of carbonyl (C=O) groups is 8. The fourth-order valence-electron chi connectivity index (χ4n) is 7.89. The predicted molar refractivity (Wildman–Crippen MR) is 276 cm³/mol. The number of hydrogen-bond acceptors (Lipinski definition) is 14. The first-order valence-electron chi connectivity index (χ1n) is 27.2. The van der Waals surface area contributed by atoms with Crippen LogP contribution in [0.25, 0.3) is 0 Å². The van der Waals surface area contributed by atoms with Gasteiger partial charge >= 0.3 is 11.9 Å². The Morgan fingerprint density at radius 1 is 0.575 bits per heavy atom. The number of unbranched alkanes of at least 4 members (excludes halogenated alkanes) is 15. The number of nitrogens with one attached hydrogen (secondary N) is 5. The number of aromatic amines is 1. The Balaban J connectivity index is 2.00. The second-order valence-electron chi connectivity index (χ2n) is 18.8. The maximum absolute atomic E-state index is 12.7. The molecule has 3 amide bonds. The van der Waals surface area contributed by atoms with Crippen molar-refractivity contribution < 1.29 is 67.5 Å². The van der Waals surface area contributed by atoms with Crippen molar-refractivity contribution in [2.75, 3.05) is 79.0 Å². The SMILES string of the molecule is CCCCCCCCCCCCCCCCCC(=O)C[C@@H](CCC(=O)NCCOCCOCC(=O)NCCOCCOCC(=O)NCCCC[C@H](NCC(=O)[C@@H](C)Cc1cnc[nH]1)C(=O)CCC(=O)O)C(=O)O. The fraction of sp³-hybridized carbons (Fsp3) is 0.792. The zero-order valence-corrected chi connectivity index (χ0v) is 44.3. The molecule has 0 aliphatic heterocycles. The standard InChI is InChI=1S/C53H92N6O14/c1-3-4-5-6-7-8-9-10-11-12-13-14-15-16-17-20-45(60)36-43(53(68)69)22-24-49(63)56-27-29-70-31-34-73-40-51(65)57-28-30-71-32-33-72-39-50(64)55-26-19-18-21-46(47(61)23-25-52(66)67)58-38-48(62)42(2)35-44-37-54-41-59-44/h37,41-43,46,58H,3-36,38-40H2,1-2H3,(H,54,59)(H,55,64)(H,56,63)(H,57,65)(H,66,67)(H,68,69)/t42-,43+,46-/m0/s1. The van der Waals surface area contributed by atoms with E-state index in [4.69, 9.17) is 24.1 Å². The van der Waals surface area contributed by atoms with Crippen LogP contribution >= 0.6 is 0 Å². The summed E-state index contributed by atoms with van der Waals surface area (Å²) in [5.41, 5.74) is 0.827. The first-order chi connectivity index (χ1) is 35.3. The Morgan fingerprint density at radius 3 is 1.64 bits per heavy atom. The van der Waals surface area contributed by atoms with Crippen LogP contribution in [0.2, 0.25) is 0 Å². The number of Topliss-reactive ketones (excluding diaryl/α,β-unsaturated/α-hetero) is 3. The molecule has 0 spiro atoms. The van der Waals surface area contributed by atoms with Crippen molar-refractivity contribution in [2.45, 2.75) is 180 Å². The average molecular weight is 1040 g/mol. The minimum absolute atomic E-state index is 0.00212.